The molecule has 4 nitrogen and oxygen atoms in total. The highest BCUT2D eigenvalue weighted by Crippen LogP contribution is 2.20. The topological polar surface area (TPSA) is 66.4 Å². The average Bonchev–Trinajstić information content (AvgIpc) is 2.59. The molecule has 1 atom stereocenters. The van der Waals surface area contributed by atoms with Crippen LogP contribution >= 0.6 is 11.8 Å². The second-order valence-corrected chi connectivity index (χ2v) is 6.75. The van der Waals surface area contributed by atoms with Gasteiger partial charge in [-0.3, -0.25) is 9.59 Å². The molecule has 5 heteroatoms. The molecule has 2 aromatic carbocycles. The molecule has 0 saturated heterocycles. The summed E-state index contributed by atoms with van der Waals surface area (Å²) < 4.78 is 0. The number of carboxylic acids is 1. The molecule has 0 aliphatic rings. The van der Waals surface area contributed by atoms with Gasteiger partial charge in [-0.2, -0.15) is 11.8 Å². The Morgan fingerprint density at radius 2 is 1.88 bits per heavy atom. The molecule has 2 N–H and O–H groups in total. The molecule has 0 bridgehead atoms. The van der Waals surface area contributed by atoms with Crippen molar-refractivity contribution in [3.63, 3.8) is 0 Å². The zero-order valence-electron chi connectivity index (χ0n) is 13.8. The van der Waals surface area contributed by atoms with Crippen molar-refractivity contribution in [3.8, 4) is 0 Å². The van der Waals surface area contributed by atoms with E-state index < -0.39 is 11.9 Å². The molecular weight excluding hydrogens is 322 g/mol. The van der Waals surface area contributed by atoms with E-state index in [1.807, 2.05) is 36.0 Å². The van der Waals surface area contributed by atoms with Crippen molar-refractivity contribution in [1.29, 1.82) is 0 Å². The van der Waals surface area contributed by atoms with Crippen LogP contribution in [-0.4, -0.2) is 22.7 Å². The molecule has 0 spiro atoms. The third-order valence-electron chi connectivity index (χ3n) is 3.70. The maximum Gasteiger partial charge on any atom is 0.310 e. The highest BCUT2D eigenvalue weighted by Gasteiger charge is 2.14. The fraction of sp³-hybridized carbons (Fsp3) is 0.263. The molecule has 2 aromatic rings. The second kappa shape index (κ2) is 8.55. The number of carbonyl (C=O) groups is 2. The second-order valence-electron chi connectivity index (χ2n) is 5.47. The van der Waals surface area contributed by atoms with Crippen LogP contribution in [0.2, 0.25) is 0 Å². The van der Waals surface area contributed by atoms with E-state index in [0.717, 1.165) is 11.5 Å². The van der Waals surface area contributed by atoms with Crippen LogP contribution in [0, 0.1) is 0 Å². The monoisotopic (exact) mass is 343 g/mol. The lowest BCUT2D eigenvalue weighted by Gasteiger charge is -2.10. The fourth-order valence-corrected chi connectivity index (χ4v) is 2.84. The van der Waals surface area contributed by atoms with E-state index in [9.17, 15) is 9.59 Å². The fourth-order valence-electron chi connectivity index (χ4n) is 2.20. The Morgan fingerprint density at radius 3 is 2.50 bits per heavy atom. The van der Waals surface area contributed by atoms with E-state index >= 15 is 0 Å². The van der Waals surface area contributed by atoms with Crippen molar-refractivity contribution in [3.05, 3.63) is 65.2 Å². The van der Waals surface area contributed by atoms with E-state index in [-0.39, 0.29) is 5.91 Å². The number of amides is 1. The first-order chi connectivity index (χ1) is 11.5. The number of carboxylic acid groups (broad SMARTS) is 1. The molecular formula is C19H21NO3S. The molecule has 0 aliphatic carbocycles. The molecule has 24 heavy (non-hydrogen) atoms. The summed E-state index contributed by atoms with van der Waals surface area (Å²) in [6.07, 6.45) is 0. The maximum atomic E-state index is 12.3. The highest BCUT2D eigenvalue weighted by molar-refractivity contribution is 7.98. The number of nitrogens with one attached hydrogen (secondary N) is 1. The number of carbonyl (C=O) groups excluding carboxylic acids is 1. The molecule has 0 aromatic heterocycles. The van der Waals surface area contributed by atoms with Crippen molar-refractivity contribution >= 4 is 29.3 Å². The summed E-state index contributed by atoms with van der Waals surface area (Å²) in [5.41, 5.74) is 3.02. The quantitative estimate of drug-likeness (QED) is 0.783. The summed E-state index contributed by atoms with van der Waals surface area (Å²) in [5.74, 6) is 0.293. The Balaban J connectivity index is 2.06. The van der Waals surface area contributed by atoms with Gasteiger partial charge >= 0.3 is 5.97 Å². The summed E-state index contributed by atoms with van der Waals surface area (Å²) in [6.45, 7) is 3.74. The summed E-state index contributed by atoms with van der Waals surface area (Å²) in [5, 5.41) is 11.9. The number of benzene rings is 2. The van der Waals surface area contributed by atoms with Crippen LogP contribution in [0.5, 0.6) is 0 Å². The van der Waals surface area contributed by atoms with Crippen LogP contribution < -0.4 is 5.32 Å². The van der Waals surface area contributed by atoms with Gasteiger partial charge in [0.25, 0.3) is 5.91 Å². The van der Waals surface area contributed by atoms with Gasteiger partial charge in [-0.05, 0) is 48.1 Å². The van der Waals surface area contributed by atoms with E-state index in [1.54, 1.807) is 31.2 Å². The number of rotatable bonds is 7. The Labute approximate surface area is 146 Å². The van der Waals surface area contributed by atoms with Gasteiger partial charge in [-0.25, -0.2) is 0 Å². The van der Waals surface area contributed by atoms with Gasteiger partial charge in [0.15, 0.2) is 0 Å². The van der Waals surface area contributed by atoms with E-state index in [0.29, 0.717) is 16.8 Å². The normalized spacial score (nSPS) is 11.8. The highest BCUT2D eigenvalue weighted by atomic mass is 32.2. The van der Waals surface area contributed by atoms with Crippen molar-refractivity contribution < 1.29 is 14.7 Å². The molecule has 126 valence electrons. The number of hydrogen-bond acceptors (Lipinski definition) is 3. The minimum absolute atomic E-state index is 0.204. The Bertz CT molecular complexity index is 713. The van der Waals surface area contributed by atoms with Crippen LogP contribution in [-0.2, 0) is 10.5 Å². The lowest BCUT2D eigenvalue weighted by molar-refractivity contribution is -0.138. The third kappa shape index (κ3) is 4.86. The van der Waals surface area contributed by atoms with Crippen LogP contribution in [0.25, 0.3) is 0 Å². The first kappa shape index (κ1) is 18.1. The smallest absolute Gasteiger partial charge is 0.310 e. The van der Waals surface area contributed by atoms with E-state index in [4.69, 9.17) is 5.11 Å². The Kier molecular flexibility index (Phi) is 6.44. The SMILES string of the molecule is CCSCc1ccc(C(=O)Nc2cccc(C(C)C(=O)O)c2)cc1. The predicted octanol–water partition coefficient (Wildman–Crippen LogP) is 4.38. The van der Waals surface area contributed by atoms with Crippen molar-refractivity contribution in [2.75, 3.05) is 11.1 Å². The molecule has 0 heterocycles. The first-order valence-electron chi connectivity index (χ1n) is 7.82. The van der Waals surface area contributed by atoms with Gasteiger partial charge in [0.05, 0.1) is 5.92 Å². The number of aliphatic carboxylic acids is 1. The van der Waals surface area contributed by atoms with Crippen LogP contribution in [0.4, 0.5) is 5.69 Å². The van der Waals surface area contributed by atoms with Crippen molar-refractivity contribution in [2.45, 2.75) is 25.5 Å². The molecule has 0 radical (unpaired) electrons. The van der Waals surface area contributed by atoms with Gasteiger partial charge in [-0.1, -0.05) is 31.2 Å². The lowest BCUT2D eigenvalue weighted by atomic mass is 10.0. The molecule has 0 saturated carbocycles. The molecule has 0 aliphatic heterocycles. The minimum Gasteiger partial charge on any atom is -0.481 e. The number of anilines is 1. The van der Waals surface area contributed by atoms with Crippen molar-refractivity contribution in [1.82, 2.24) is 0 Å². The largest absolute Gasteiger partial charge is 0.481 e. The van der Waals surface area contributed by atoms with E-state index in [1.165, 1.54) is 5.56 Å². The van der Waals surface area contributed by atoms with Gasteiger partial charge < -0.3 is 10.4 Å². The van der Waals surface area contributed by atoms with Crippen molar-refractivity contribution in [2.24, 2.45) is 0 Å². The molecule has 0 fully saturated rings. The minimum atomic E-state index is -0.890. The number of hydrogen-bond donors (Lipinski definition) is 2. The van der Waals surface area contributed by atoms with Gasteiger partial charge in [0.1, 0.15) is 0 Å². The predicted molar refractivity (Wildman–Crippen MR) is 98.7 cm³/mol. The maximum absolute atomic E-state index is 12.3. The Hall–Kier alpha value is -2.27. The van der Waals surface area contributed by atoms with Crippen LogP contribution in [0.15, 0.2) is 48.5 Å². The van der Waals surface area contributed by atoms with Gasteiger partial charge in [0.2, 0.25) is 0 Å². The standard InChI is InChI=1S/C19H21NO3S/c1-3-24-12-14-7-9-15(10-8-14)18(21)20-17-6-4-5-16(11-17)13(2)19(22)23/h4-11,13H,3,12H2,1-2H3,(H,20,21)(H,22,23). The van der Waals surface area contributed by atoms with Crippen LogP contribution in [0.3, 0.4) is 0 Å². The zero-order valence-corrected chi connectivity index (χ0v) is 14.6. The van der Waals surface area contributed by atoms with Crippen LogP contribution in [0.1, 0.15) is 41.3 Å². The third-order valence-corrected chi connectivity index (χ3v) is 4.65. The molecule has 2 rings (SSSR count). The van der Waals surface area contributed by atoms with Gasteiger partial charge in [0, 0.05) is 17.0 Å². The summed E-state index contributed by atoms with van der Waals surface area (Å²) in [4.78, 5) is 23.4. The summed E-state index contributed by atoms with van der Waals surface area (Å²) in [6, 6.07) is 14.5. The van der Waals surface area contributed by atoms with Gasteiger partial charge in [-0.15, -0.1) is 0 Å². The molecule has 1 amide bonds. The summed E-state index contributed by atoms with van der Waals surface area (Å²) in [7, 11) is 0. The molecule has 1 unspecified atom stereocenters. The average molecular weight is 343 g/mol. The van der Waals surface area contributed by atoms with E-state index in [2.05, 4.69) is 12.2 Å². The number of thioether (sulfide) groups is 1. The lowest BCUT2D eigenvalue weighted by Crippen LogP contribution is -2.13. The first-order valence-corrected chi connectivity index (χ1v) is 8.97. The zero-order chi connectivity index (χ0) is 17.5. The summed E-state index contributed by atoms with van der Waals surface area (Å²) >= 11 is 1.84. The Morgan fingerprint density at radius 1 is 1.17 bits per heavy atom.